The number of hydrogen-bond acceptors (Lipinski definition) is 1. The summed E-state index contributed by atoms with van der Waals surface area (Å²) in [5.41, 5.74) is 1.20. The minimum Gasteiger partial charge on any atom is -0.349 e. The topological polar surface area (TPSA) is 29.1 Å². The van der Waals surface area contributed by atoms with Gasteiger partial charge in [-0.3, -0.25) is 4.79 Å². The number of nitrogens with one attached hydrogen (secondary N) is 1. The molecule has 0 saturated heterocycles. The Labute approximate surface area is 153 Å². The monoisotopic (exact) mass is 339 g/mol. The first-order chi connectivity index (χ1) is 12.2. The first-order valence-corrected chi connectivity index (χ1v) is 9.95. The molecule has 0 aliphatic heterocycles. The summed E-state index contributed by atoms with van der Waals surface area (Å²) >= 11 is 0. The molecule has 2 nitrogen and oxygen atoms in total. The molecular formula is C23H33NO. The van der Waals surface area contributed by atoms with Crippen LogP contribution < -0.4 is 5.32 Å². The lowest BCUT2D eigenvalue weighted by Crippen LogP contribution is -2.33. The maximum absolute atomic E-state index is 12.8. The molecule has 2 rings (SSSR count). The molecule has 0 fully saturated rings. The van der Waals surface area contributed by atoms with Crippen LogP contribution in [0.15, 0.2) is 42.5 Å². The Morgan fingerprint density at radius 2 is 1.68 bits per heavy atom. The molecule has 2 aromatic carbocycles. The third-order valence-corrected chi connectivity index (χ3v) is 5.06. The third kappa shape index (κ3) is 5.59. The highest BCUT2D eigenvalue weighted by Gasteiger charge is 2.20. The fourth-order valence-electron chi connectivity index (χ4n) is 3.61. The molecule has 2 heteroatoms. The van der Waals surface area contributed by atoms with E-state index in [-0.39, 0.29) is 17.9 Å². The van der Waals surface area contributed by atoms with Gasteiger partial charge in [0.1, 0.15) is 0 Å². The van der Waals surface area contributed by atoms with E-state index in [0.29, 0.717) is 0 Å². The standard InChI is InChI=1S/C23H33NO/c1-4-6-7-8-14-20(12-5-2)23(25)24-18(3)21-17-11-15-19-13-9-10-16-22(19)21/h9-11,13,15-18,20H,4-8,12,14H2,1-3H3,(H,24,25). The van der Waals surface area contributed by atoms with Crippen molar-refractivity contribution in [3.05, 3.63) is 48.0 Å². The fourth-order valence-corrected chi connectivity index (χ4v) is 3.61. The number of rotatable bonds is 10. The molecular weight excluding hydrogens is 306 g/mol. The molecule has 0 aliphatic rings. The Balaban J connectivity index is 2.03. The van der Waals surface area contributed by atoms with E-state index in [1.165, 1.54) is 35.6 Å². The number of carbonyl (C=O) groups is 1. The number of fused-ring (bicyclic) bond motifs is 1. The molecule has 0 radical (unpaired) electrons. The van der Waals surface area contributed by atoms with E-state index < -0.39 is 0 Å². The van der Waals surface area contributed by atoms with Crippen LogP contribution in [0.1, 0.15) is 77.3 Å². The highest BCUT2D eigenvalue weighted by molar-refractivity contribution is 5.87. The summed E-state index contributed by atoms with van der Waals surface area (Å²) < 4.78 is 0. The van der Waals surface area contributed by atoms with Crippen molar-refractivity contribution in [2.24, 2.45) is 5.92 Å². The summed E-state index contributed by atoms with van der Waals surface area (Å²) in [5, 5.41) is 5.73. The molecule has 0 saturated carbocycles. The predicted molar refractivity (Wildman–Crippen MR) is 108 cm³/mol. The average molecular weight is 340 g/mol. The van der Waals surface area contributed by atoms with Gasteiger partial charge in [-0.05, 0) is 36.1 Å². The Morgan fingerprint density at radius 1 is 0.920 bits per heavy atom. The highest BCUT2D eigenvalue weighted by Crippen LogP contribution is 2.25. The molecule has 2 aromatic rings. The van der Waals surface area contributed by atoms with Crippen molar-refractivity contribution in [3.63, 3.8) is 0 Å². The summed E-state index contributed by atoms with van der Waals surface area (Å²) in [6.45, 7) is 6.49. The molecule has 1 amide bonds. The number of unbranched alkanes of at least 4 members (excludes halogenated alkanes) is 3. The van der Waals surface area contributed by atoms with E-state index >= 15 is 0 Å². The zero-order valence-corrected chi connectivity index (χ0v) is 16.1. The van der Waals surface area contributed by atoms with E-state index in [4.69, 9.17) is 0 Å². The average Bonchev–Trinajstić information content (AvgIpc) is 2.63. The first-order valence-electron chi connectivity index (χ1n) is 9.95. The molecule has 1 N–H and O–H groups in total. The quantitative estimate of drug-likeness (QED) is 0.498. The van der Waals surface area contributed by atoms with Gasteiger partial charge in [-0.25, -0.2) is 0 Å². The number of hydrogen-bond donors (Lipinski definition) is 1. The van der Waals surface area contributed by atoms with E-state index in [9.17, 15) is 4.79 Å². The van der Waals surface area contributed by atoms with Gasteiger partial charge in [0.15, 0.2) is 0 Å². The zero-order valence-electron chi connectivity index (χ0n) is 16.1. The van der Waals surface area contributed by atoms with Crippen LogP contribution in [-0.4, -0.2) is 5.91 Å². The zero-order chi connectivity index (χ0) is 18.1. The molecule has 136 valence electrons. The SMILES string of the molecule is CCCCCCC(CCC)C(=O)NC(C)c1cccc2ccccc12. The lowest BCUT2D eigenvalue weighted by Gasteiger charge is -2.21. The van der Waals surface area contributed by atoms with Crippen LogP contribution in [0.25, 0.3) is 10.8 Å². The van der Waals surface area contributed by atoms with Crippen LogP contribution in [0.4, 0.5) is 0 Å². The van der Waals surface area contributed by atoms with Crippen LogP contribution in [0, 0.1) is 5.92 Å². The van der Waals surface area contributed by atoms with Crippen molar-refractivity contribution in [2.45, 2.75) is 71.8 Å². The second-order valence-corrected chi connectivity index (χ2v) is 7.13. The van der Waals surface area contributed by atoms with Crippen molar-refractivity contribution < 1.29 is 4.79 Å². The molecule has 25 heavy (non-hydrogen) atoms. The van der Waals surface area contributed by atoms with E-state index in [1.54, 1.807) is 0 Å². The molecule has 0 bridgehead atoms. The van der Waals surface area contributed by atoms with Crippen molar-refractivity contribution in [3.8, 4) is 0 Å². The lowest BCUT2D eigenvalue weighted by atomic mass is 9.94. The van der Waals surface area contributed by atoms with Gasteiger partial charge in [0.25, 0.3) is 0 Å². The first kappa shape index (κ1) is 19.5. The fraction of sp³-hybridized carbons (Fsp3) is 0.522. The van der Waals surface area contributed by atoms with Crippen LogP contribution in [0.5, 0.6) is 0 Å². The maximum atomic E-state index is 12.8. The Kier molecular flexibility index (Phi) is 7.97. The molecule has 0 aliphatic carbocycles. The Hall–Kier alpha value is -1.83. The van der Waals surface area contributed by atoms with Crippen LogP contribution in [-0.2, 0) is 4.79 Å². The van der Waals surface area contributed by atoms with Gasteiger partial charge in [0, 0.05) is 5.92 Å². The molecule has 0 spiro atoms. The van der Waals surface area contributed by atoms with Gasteiger partial charge < -0.3 is 5.32 Å². The summed E-state index contributed by atoms with van der Waals surface area (Å²) in [6.07, 6.45) is 7.98. The summed E-state index contributed by atoms with van der Waals surface area (Å²) in [7, 11) is 0. The molecule has 2 atom stereocenters. The largest absolute Gasteiger partial charge is 0.349 e. The van der Waals surface area contributed by atoms with Crippen molar-refractivity contribution in [2.75, 3.05) is 0 Å². The van der Waals surface area contributed by atoms with E-state index in [0.717, 1.165) is 25.7 Å². The second kappa shape index (κ2) is 10.2. The van der Waals surface area contributed by atoms with Crippen LogP contribution in [0.3, 0.4) is 0 Å². The van der Waals surface area contributed by atoms with Gasteiger partial charge in [0.2, 0.25) is 5.91 Å². The van der Waals surface area contributed by atoms with Crippen molar-refractivity contribution in [1.29, 1.82) is 0 Å². The van der Waals surface area contributed by atoms with Gasteiger partial charge in [0.05, 0.1) is 6.04 Å². The summed E-state index contributed by atoms with van der Waals surface area (Å²) in [5.74, 6) is 0.373. The van der Waals surface area contributed by atoms with Gasteiger partial charge >= 0.3 is 0 Å². The number of carbonyl (C=O) groups excluding carboxylic acids is 1. The van der Waals surface area contributed by atoms with Gasteiger partial charge in [-0.1, -0.05) is 88.4 Å². The van der Waals surface area contributed by atoms with Crippen LogP contribution in [0.2, 0.25) is 0 Å². The van der Waals surface area contributed by atoms with Crippen molar-refractivity contribution in [1.82, 2.24) is 5.32 Å². The maximum Gasteiger partial charge on any atom is 0.223 e. The smallest absolute Gasteiger partial charge is 0.223 e. The Morgan fingerprint density at radius 3 is 2.44 bits per heavy atom. The predicted octanol–water partition coefficient (Wildman–Crippen LogP) is 6.40. The highest BCUT2D eigenvalue weighted by atomic mass is 16.1. The normalized spacial score (nSPS) is 13.6. The Bertz CT molecular complexity index is 659. The minimum absolute atomic E-state index is 0.0357. The second-order valence-electron chi connectivity index (χ2n) is 7.13. The summed E-state index contributed by atoms with van der Waals surface area (Å²) in [4.78, 5) is 12.8. The summed E-state index contributed by atoms with van der Waals surface area (Å²) in [6, 6.07) is 14.8. The van der Waals surface area contributed by atoms with Crippen LogP contribution >= 0.6 is 0 Å². The van der Waals surface area contributed by atoms with Gasteiger partial charge in [-0.2, -0.15) is 0 Å². The van der Waals surface area contributed by atoms with E-state index in [1.807, 2.05) is 0 Å². The molecule has 0 heterocycles. The van der Waals surface area contributed by atoms with Gasteiger partial charge in [-0.15, -0.1) is 0 Å². The molecule has 2 unspecified atom stereocenters. The third-order valence-electron chi connectivity index (χ3n) is 5.06. The minimum atomic E-state index is 0.0357. The van der Waals surface area contributed by atoms with Crippen molar-refractivity contribution >= 4 is 16.7 Å². The van der Waals surface area contributed by atoms with E-state index in [2.05, 4.69) is 68.6 Å². The number of benzene rings is 2. The molecule has 0 aromatic heterocycles. The number of amides is 1. The lowest BCUT2D eigenvalue weighted by molar-refractivity contribution is -0.126.